The van der Waals surface area contributed by atoms with E-state index in [0.717, 1.165) is 31.5 Å². The summed E-state index contributed by atoms with van der Waals surface area (Å²) < 4.78 is 0. The molecular weight excluding hydrogens is 382 g/mol. The molecule has 1 saturated heterocycles. The van der Waals surface area contributed by atoms with E-state index in [1.54, 1.807) is 29.2 Å². The van der Waals surface area contributed by atoms with Crippen molar-refractivity contribution in [2.24, 2.45) is 11.0 Å². The number of carbonyl (C=O) groups is 3. The fourth-order valence-electron chi connectivity index (χ4n) is 4.78. The zero-order chi connectivity index (χ0) is 21.4. The number of Topliss-reactive ketones (excluding diaryl/α,β-unsaturated/α-hetero) is 1. The number of carbonyl (C=O) groups excluding carboxylic acids is 3. The topological polar surface area (TPSA) is 94.1 Å². The highest BCUT2D eigenvalue weighted by Crippen LogP contribution is 2.35. The maximum atomic E-state index is 13.3. The van der Waals surface area contributed by atoms with Crippen molar-refractivity contribution in [3.05, 3.63) is 29.8 Å². The highest BCUT2D eigenvalue weighted by Gasteiger charge is 2.51. The van der Waals surface area contributed by atoms with Crippen molar-refractivity contribution >= 4 is 29.1 Å². The van der Waals surface area contributed by atoms with Gasteiger partial charge in [0, 0.05) is 17.2 Å². The Balaban J connectivity index is 1.49. The quantitative estimate of drug-likeness (QED) is 0.725. The van der Waals surface area contributed by atoms with E-state index >= 15 is 0 Å². The molecule has 8 nitrogen and oxygen atoms in total. The van der Waals surface area contributed by atoms with Crippen LogP contribution in [0.5, 0.6) is 0 Å². The number of nitrogens with one attached hydrogen (secondary N) is 2. The second-order valence-corrected chi connectivity index (χ2v) is 8.63. The summed E-state index contributed by atoms with van der Waals surface area (Å²) in [6.45, 7) is 5.69. The van der Waals surface area contributed by atoms with Crippen LogP contribution in [-0.4, -0.2) is 58.0 Å². The first-order valence-corrected chi connectivity index (χ1v) is 10.7. The predicted octanol–water partition coefficient (Wildman–Crippen LogP) is 2.18. The van der Waals surface area contributed by atoms with Crippen LogP contribution in [0.1, 0.15) is 56.8 Å². The third-order valence-corrected chi connectivity index (χ3v) is 6.22. The van der Waals surface area contributed by atoms with Gasteiger partial charge in [-0.05, 0) is 44.0 Å². The van der Waals surface area contributed by atoms with Crippen molar-refractivity contribution < 1.29 is 14.4 Å². The third kappa shape index (κ3) is 3.66. The molecule has 2 N–H and O–H groups in total. The first-order chi connectivity index (χ1) is 14.4. The first kappa shape index (κ1) is 20.4. The van der Waals surface area contributed by atoms with Crippen LogP contribution < -0.4 is 10.7 Å². The number of hydrogen-bond donors (Lipinski definition) is 2. The lowest BCUT2D eigenvalue weighted by atomic mass is 9.85. The van der Waals surface area contributed by atoms with Crippen LogP contribution in [0.4, 0.5) is 5.69 Å². The van der Waals surface area contributed by atoms with E-state index in [9.17, 15) is 14.4 Å². The Hall–Kier alpha value is -2.90. The van der Waals surface area contributed by atoms with Crippen molar-refractivity contribution in [1.29, 1.82) is 0 Å². The fraction of sp³-hybridized carbons (Fsp3) is 0.545. The van der Waals surface area contributed by atoms with Crippen LogP contribution >= 0.6 is 0 Å². The van der Waals surface area contributed by atoms with Crippen molar-refractivity contribution in [3.8, 4) is 0 Å². The van der Waals surface area contributed by atoms with Gasteiger partial charge in [0.05, 0.1) is 12.1 Å². The smallest absolute Gasteiger partial charge is 0.268 e. The maximum Gasteiger partial charge on any atom is 0.268 e. The lowest BCUT2D eigenvalue weighted by Crippen LogP contribution is -2.70. The van der Waals surface area contributed by atoms with Crippen LogP contribution in [0.2, 0.25) is 0 Å². The number of benzene rings is 1. The molecule has 0 radical (unpaired) electrons. The Morgan fingerprint density at radius 1 is 1.17 bits per heavy atom. The summed E-state index contributed by atoms with van der Waals surface area (Å²) in [5.41, 5.74) is 4.21. The number of ketones is 1. The van der Waals surface area contributed by atoms with E-state index in [-0.39, 0.29) is 42.1 Å². The van der Waals surface area contributed by atoms with Crippen molar-refractivity contribution in [3.63, 3.8) is 0 Å². The van der Waals surface area contributed by atoms with Gasteiger partial charge >= 0.3 is 0 Å². The molecule has 3 aliphatic rings. The van der Waals surface area contributed by atoms with Gasteiger partial charge in [-0.15, -0.1) is 0 Å². The first-order valence-electron chi connectivity index (χ1n) is 10.7. The Morgan fingerprint density at radius 3 is 2.47 bits per heavy atom. The molecule has 2 fully saturated rings. The number of hydrogen-bond acceptors (Lipinski definition) is 6. The second kappa shape index (κ2) is 8.08. The summed E-state index contributed by atoms with van der Waals surface area (Å²) in [4.78, 5) is 41.3. The Morgan fingerprint density at radius 2 is 1.83 bits per heavy atom. The molecule has 4 rings (SSSR count). The zero-order valence-corrected chi connectivity index (χ0v) is 17.7. The molecule has 2 aliphatic heterocycles. The zero-order valence-electron chi connectivity index (χ0n) is 17.7. The summed E-state index contributed by atoms with van der Waals surface area (Å²) in [5, 5.41) is 7.29. The van der Waals surface area contributed by atoms with Gasteiger partial charge in [0.1, 0.15) is 12.4 Å². The molecule has 1 saturated carbocycles. The van der Waals surface area contributed by atoms with Crippen molar-refractivity contribution in [2.45, 2.75) is 64.7 Å². The van der Waals surface area contributed by atoms with Gasteiger partial charge in [-0.25, -0.2) is 0 Å². The SMILES string of the molecule is CC(=O)c1ccc(NC(=O)CN2C(=O)C3NN=C(C(C)C)N3C3CCCCC32)cc1. The number of amides is 2. The fourth-order valence-corrected chi connectivity index (χ4v) is 4.78. The van der Waals surface area contributed by atoms with Crippen molar-refractivity contribution in [2.75, 3.05) is 11.9 Å². The Bertz CT molecular complexity index is 879. The maximum absolute atomic E-state index is 13.3. The highest BCUT2D eigenvalue weighted by atomic mass is 16.2. The minimum Gasteiger partial charge on any atom is -0.325 e. The summed E-state index contributed by atoms with van der Waals surface area (Å²) in [6.07, 6.45) is 3.54. The number of anilines is 1. The Labute approximate surface area is 176 Å². The van der Waals surface area contributed by atoms with Crippen LogP contribution in [0.15, 0.2) is 29.4 Å². The number of rotatable bonds is 5. The molecule has 2 amide bonds. The normalized spacial score (nSPS) is 25.4. The predicted molar refractivity (Wildman–Crippen MR) is 114 cm³/mol. The van der Waals surface area contributed by atoms with E-state index in [0.29, 0.717) is 11.3 Å². The molecule has 0 spiro atoms. The van der Waals surface area contributed by atoms with E-state index in [1.165, 1.54) is 6.92 Å². The molecule has 3 unspecified atom stereocenters. The molecule has 3 atom stereocenters. The number of nitrogens with zero attached hydrogens (tertiary/aromatic N) is 3. The Kier molecular flexibility index (Phi) is 5.49. The number of fused-ring (bicyclic) bond motifs is 3. The van der Waals surface area contributed by atoms with Gasteiger partial charge in [0.2, 0.25) is 5.91 Å². The van der Waals surface area contributed by atoms with E-state index in [2.05, 4.69) is 34.6 Å². The van der Waals surface area contributed by atoms with Gasteiger partial charge in [-0.1, -0.05) is 26.7 Å². The van der Waals surface area contributed by atoms with Gasteiger partial charge in [-0.2, -0.15) is 5.10 Å². The molecule has 1 aromatic rings. The summed E-state index contributed by atoms with van der Waals surface area (Å²) in [5.74, 6) is 0.802. The monoisotopic (exact) mass is 411 g/mol. The van der Waals surface area contributed by atoms with Crippen LogP contribution in [0.3, 0.4) is 0 Å². The minimum absolute atomic E-state index is 0.0113. The average Bonchev–Trinajstić information content (AvgIpc) is 3.17. The van der Waals surface area contributed by atoms with E-state index in [4.69, 9.17) is 0 Å². The summed E-state index contributed by atoms with van der Waals surface area (Å²) >= 11 is 0. The standard InChI is InChI=1S/C22H29N5O3/c1-13(2)20-24-25-21-22(30)26(17-6-4-5-7-18(17)27(20)21)12-19(29)23-16-10-8-15(9-11-16)14(3)28/h8-11,13,17-18,21,25H,4-7,12H2,1-3H3,(H,23,29). The third-order valence-electron chi connectivity index (χ3n) is 6.22. The van der Waals surface area contributed by atoms with Gasteiger partial charge in [0.15, 0.2) is 11.9 Å². The molecule has 8 heteroatoms. The average molecular weight is 412 g/mol. The van der Waals surface area contributed by atoms with E-state index in [1.807, 2.05) is 0 Å². The molecule has 1 aromatic carbocycles. The summed E-state index contributed by atoms with van der Waals surface area (Å²) in [6, 6.07) is 6.98. The van der Waals surface area contributed by atoms with E-state index < -0.39 is 6.17 Å². The van der Waals surface area contributed by atoms with Gasteiger partial charge in [0.25, 0.3) is 5.91 Å². The number of amidine groups is 1. The highest BCUT2D eigenvalue weighted by molar-refractivity contribution is 5.99. The molecule has 1 aliphatic carbocycles. The van der Waals surface area contributed by atoms with Gasteiger partial charge in [-0.3, -0.25) is 19.8 Å². The molecule has 0 bridgehead atoms. The van der Waals surface area contributed by atoms with Crippen molar-refractivity contribution in [1.82, 2.24) is 15.2 Å². The largest absolute Gasteiger partial charge is 0.325 e. The lowest BCUT2D eigenvalue weighted by molar-refractivity contribution is -0.151. The van der Waals surface area contributed by atoms with Crippen LogP contribution in [-0.2, 0) is 9.59 Å². The molecule has 0 aromatic heterocycles. The molecule has 30 heavy (non-hydrogen) atoms. The second-order valence-electron chi connectivity index (χ2n) is 8.63. The molecule has 160 valence electrons. The summed E-state index contributed by atoms with van der Waals surface area (Å²) in [7, 11) is 0. The molecular formula is C22H29N5O3. The number of hydrazone groups is 1. The van der Waals surface area contributed by atoms with Crippen LogP contribution in [0.25, 0.3) is 0 Å². The molecule has 2 heterocycles. The number of piperazine rings is 1. The van der Waals surface area contributed by atoms with Crippen LogP contribution in [0, 0.1) is 5.92 Å². The minimum atomic E-state index is -0.524. The lowest BCUT2D eigenvalue weighted by Gasteiger charge is -2.51. The van der Waals surface area contributed by atoms with Gasteiger partial charge < -0.3 is 15.1 Å².